The van der Waals surface area contributed by atoms with Gasteiger partial charge < -0.3 is 14.4 Å². The number of anilines is 6. The molecule has 0 saturated carbocycles. The molecule has 2 aliphatic heterocycles. The second kappa shape index (κ2) is 22.6. The van der Waals surface area contributed by atoms with Crippen LogP contribution in [0.1, 0.15) is 26.3 Å². The van der Waals surface area contributed by atoms with Gasteiger partial charge >= 0.3 is 0 Å². The van der Waals surface area contributed by atoms with Gasteiger partial charge in [0.25, 0.3) is 6.71 Å². The van der Waals surface area contributed by atoms with Crippen LogP contribution < -0.4 is 46.9 Å². The first kappa shape index (κ1) is 55.8. The quantitative estimate of drug-likeness (QED) is 0.0945. The van der Waals surface area contributed by atoms with E-state index in [1.54, 1.807) is 0 Å². The van der Waals surface area contributed by atoms with Crippen molar-refractivity contribution in [2.24, 2.45) is 0 Å². The van der Waals surface area contributed by atoms with E-state index < -0.39 is 8.07 Å². The summed E-state index contributed by atoms with van der Waals surface area (Å²) in [5.41, 5.74) is 24.6. The Morgan fingerprint density at radius 2 is 0.688 bits per heavy atom. The zero-order valence-corrected chi connectivity index (χ0v) is 53.3. The van der Waals surface area contributed by atoms with Crippen molar-refractivity contribution < 1.29 is 0 Å². The summed E-state index contributed by atoms with van der Waals surface area (Å²) in [5, 5.41) is 7.79. The molecule has 0 N–H and O–H groups in total. The van der Waals surface area contributed by atoms with E-state index in [0.717, 1.165) is 44.9 Å². The lowest BCUT2D eigenvalue weighted by Gasteiger charge is -2.46. The van der Waals surface area contributed by atoms with E-state index in [9.17, 15) is 0 Å². The number of hydrogen-bond acceptors (Lipinski definition) is 2. The second-order valence-electron chi connectivity index (χ2n) is 25.9. The van der Waals surface area contributed by atoms with Gasteiger partial charge in [0, 0.05) is 50.3 Å². The van der Waals surface area contributed by atoms with Crippen molar-refractivity contribution in [2.45, 2.75) is 26.2 Å². The van der Waals surface area contributed by atoms with Gasteiger partial charge in [-0.3, -0.25) is 0 Å². The number of benzene rings is 14. The highest BCUT2D eigenvalue weighted by molar-refractivity contribution is 7.20. The predicted octanol–water partition coefficient (Wildman–Crippen LogP) is 18.2. The Bertz CT molecular complexity index is 5110. The van der Waals surface area contributed by atoms with E-state index in [4.69, 9.17) is 0 Å². The Kier molecular flexibility index (Phi) is 13.6. The van der Waals surface area contributed by atoms with Crippen LogP contribution >= 0.6 is 0 Å². The van der Waals surface area contributed by atoms with Gasteiger partial charge in [-0.15, -0.1) is 0 Å². The van der Waals surface area contributed by atoms with E-state index in [2.05, 4.69) is 381 Å². The van der Waals surface area contributed by atoms with Gasteiger partial charge in [0.05, 0.1) is 22.4 Å². The molecule has 5 heteroatoms. The molecular weight excluding hydrogens is 1140 g/mol. The molecule has 0 spiro atoms. The topological polar surface area (TPSA) is 11.4 Å². The van der Waals surface area contributed by atoms with Crippen LogP contribution in [0.5, 0.6) is 0 Å². The van der Waals surface area contributed by atoms with Crippen molar-refractivity contribution in [1.29, 1.82) is 0 Å². The number of fused-ring (bicyclic) bond motifs is 7. The monoisotopic (exact) mass is 1200 g/mol. The van der Waals surface area contributed by atoms with Crippen LogP contribution in [0.25, 0.3) is 72.0 Å². The highest BCUT2D eigenvalue weighted by Gasteiger charge is 2.48. The van der Waals surface area contributed by atoms with E-state index >= 15 is 0 Å². The fourth-order valence-electron chi connectivity index (χ4n) is 15.4. The van der Waals surface area contributed by atoms with Crippen LogP contribution in [-0.2, 0) is 5.41 Å². The zero-order valence-electron chi connectivity index (χ0n) is 52.3. The standard InChI is InChI=1S/C88H66BN3Si/c1-88(2,3)67-57-85-87-86(58-67)92(80-46-28-26-44-74(80)64-35-17-7-18-36-64)84-59-68(90-81-52-47-65(61-29-11-4-12-30-61)55-75(81)76-56-66(48-53-82(76)90)62-31-13-5-14-32-62)49-51-77(84)89(87)78-60-72(50-54-83(78)91(85)79-45-27-25-43-73(79)63-33-15-6-16-34-63)93(69-37-19-8-20-38-69,70-39-21-9-22-40-70)71-41-23-10-24-42-71/h4-60H,1-3H3. The first-order valence-electron chi connectivity index (χ1n) is 32.5. The van der Waals surface area contributed by atoms with Gasteiger partial charge in [-0.25, -0.2) is 0 Å². The van der Waals surface area contributed by atoms with Gasteiger partial charge in [0.15, 0.2) is 8.07 Å². The minimum Gasteiger partial charge on any atom is -0.311 e. The Labute approximate surface area is 546 Å². The highest BCUT2D eigenvalue weighted by Crippen LogP contribution is 2.50. The lowest BCUT2D eigenvalue weighted by Crippen LogP contribution is -2.75. The molecule has 3 nitrogen and oxygen atoms in total. The first-order valence-corrected chi connectivity index (χ1v) is 34.5. The third-order valence-corrected chi connectivity index (χ3v) is 24.4. The molecule has 93 heavy (non-hydrogen) atoms. The Hall–Kier alpha value is -11.2. The molecule has 0 unspecified atom stereocenters. The summed E-state index contributed by atoms with van der Waals surface area (Å²) in [4.78, 5) is 5.28. The molecule has 0 aliphatic carbocycles. The van der Waals surface area contributed by atoms with Crippen LogP contribution in [0.4, 0.5) is 34.1 Å². The van der Waals surface area contributed by atoms with Crippen molar-refractivity contribution in [3.05, 3.63) is 351 Å². The molecule has 15 aromatic rings. The number of aromatic nitrogens is 1. The fraction of sp³-hybridized carbons (Fsp3) is 0.0455. The van der Waals surface area contributed by atoms with Crippen molar-refractivity contribution >= 4 is 108 Å². The summed E-state index contributed by atoms with van der Waals surface area (Å²) in [6, 6.07) is 130. The zero-order chi connectivity index (χ0) is 62.2. The average molecular weight is 1200 g/mol. The minimum absolute atomic E-state index is 0.197. The maximum atomic E-state index is 2.66. The average Bonchev–Trinajstić information content (AvgIpc) is 1.04. The Morgan fingerprint density at radius 1 is 0.280 bits per heavy atom. The van der Waals surface area contributed by atoms with Crippen LogP contribution in [0, 0.1) is 0 Å². The van der Waals surface area contributed by atoms with Gasteiger partial charge in [-0.05, 0) is 148 Å². The molecule has 17 rings (SSSR count). The summed E-state index contributed by atoms with van der Waals surface area (Å²) in [5.74, 6) is 0. The van der Waals surface area contributed by atoms with Crippen LogP contribution in [0.3, 0.4) is 0 Å². The van der Waals surface area contributed by atoms with Crippen molar-refractivity contribution in [3.8, 4) is 50.2 Å². The first-order chi connectivity index (χ1) is 45.8. The Morgan fingerprint density at radius 3 is 1.14 bits per heavy atom. The molecule has 0 radical (unpaired) electrons. The van der Waals surface area contributed by atoms with Gasteiger partial charge in [-0.1, -0.05) is 300 Å². The number of hydrogen-bond donors (Lipinski definition) is 0. The van der Waals surface area contributed by atoms with Crippen LogP contribution in [-0.4, -0.2) is 19.4 Å². The normalized spacial score (nSPS) is 12.6. The molecule has 440 valence electrons. The summed E-state index contributed by atoms with van der Waals surface area (Å²) in [6.07, 6.45) is 0. The van der Waals surface area contributed by atoms with Gasteiger partial charge in [-0.2, -0.15) is 0 Å². The fourth-order valence-corrected chi connectivity index (χ4v) is 20.1. The minimum atomic E-state index is -3.07. The molecule has 2 aliphatic rings. The maximum Gasteiger partial charge on any atom is 0.252 e. The maximum absolute atomic E-state index is 3.07. The van der Waals surface area contributed by atoms with Gasteiger partial charge in [0.2, 0.25) is 0 Å². The lowest BCUT2D eigenvalue weighted by atomic mass is 9.33. The highest BCUT2D eigenvalue weighted by atomic mass is 28.3. The predicted molar refractivity (Wildman–Crippen MR) is 399 cm³/mol. The third-order valence-electron chi connectivity index (χ3n) is 19.7. The molecule has 0 amide bonds. The van der Waals surface area contributed by atoms with Crippen molar-refractivity contribution in [3.63, 3.8) is 0 Å². The number of nitrogens with zero attached hydrogens (tertiary/aromatic N) is 3. The molecule has 14 aromatic carbocycles. The molecule has 0 fully saturated rings. The van der Waals surface area contributed by atoms with Crippen molar-refractivity contribution in [1.82, 2.24) is 4.57 Å². The molecular formula is C88H66BN3Si. The smallest absolute Gasteiger partial charge is 0.252 e. The van der Waals surface area contributed by atoms with E-state index in [-0.39, 0.29) is 12.1 Å². The molecule has 0 atom stereocenters. The van der Waals surface area contributed by atoms with Gasteiger partial charge in [0.1, 0.15) is 0 Å². The summed E-state index contributed by atoms with van der Waals surface area (Å²) in [7, 11) is -3.07. The Balaban J connectivity index is 1.00. The summed E-state index contributed by atoms with van der Waals surface area (Å²) in [6.45, 7) is 6.92. The third kappa shape index (κ3) is 9.25. The number of para-hydroxylation sites is 2. The lowest BCUT2D eigenvalue weighted by molar-refractivity contribution is 0.590. The van der Waals surface area contributed by atoms with E-state index in [1.165, 1.54) is 104 Å². The van der Waals surface area contributed by atoms with Crippen LogP contribution in [0.2, 0.25) is 0 Å². The molecule has 0 saturated heterocycles. The summed E-state index contributed by atoms with van der Waals surface area (Å²) < 4.78 is 2.52. The van der Waals surface area contributed by atoms with Crippen LogP contribution in [0.15, 0.2) is 346 Å². The molecule has 0 bridgehead atoms. The molecule has 3 heterocycles. The largest absolute Gasteiger partial charge is 0.311 e. The van der Waals surface area contributed by atoms with Crippen molar-refractivity contribution in [2.75, 3.05) is 9.80 Å². The van der Waals surface area contributed by atoms with E-state index in [1.807, 2.05) is 0 Å². The number of rotatable bonds is 11. The van der Waals surface area contributed by atoms with E-state index in [0.29, 0.717) is 0 Å². The summed E-state index contributed by atoms with van der Waals surface area (Å²) >= 11 is 0. The molecule has 1 aromatic heterocycles. The second-order valence-corrected chi connectivity index (χ2v) is 29.8. The SMILES string of the molecule is CC(C)(C)c1cc2c3c(c1)N(c1ccccc1-c1ccccc1)c1cc(-n4c5ccc(-c6ccccc6)cc5c5cc(-c6ccccc6)ccc54)ccc1B3c1cc([Si](c3ccccc3)(c3ccccc3)c3ccccc3)ccc1N2c1ccccc1-c1ccccc1.